The molecular weight excluding hydrogens is 356 g/mol. The van der Waals surface area contributed by atoms with E-state index in [4.69, 9.17) is 5.11 Å². The predicted molar refractivity (Wildman–Crippen MR) is 88.2 cm³/mol. The summed E-state index contributed by atoms with van der Waals surface area (Å²) in [5, 5.41) is 11.7. The maximum absolute atomic E-state index is 12.3. The van der Waals surface area contributed by atoms with Crippen molar-refractivity contribution < 1.29 is 14.7 Å². The van der Waals surface area contributed by atoms with Crippen LogP contribution >= 0.6 is 27.7 Å². The average Bonchev–Trinajstić information content (AvgIpc) is 2.39. The molecule has 21 heavy (non-hydrogen) atoms. The molecule has 1 aromatic carbocycles. The fourth-order valence-corrected chi connectivity index (χ4v) is 3.72. The Labute approximate surface area is 136 Å². The van der Waals surface area contributed by atoms with Crippen molar-refractivity contribution in [1.82, 2.24) is 4.90 Å². The van der Waals surface area contributed by atoms with Gasteiger partial charge in [0.2, 0.25) is 0 Å². The number of carboxylic acids is 1. The summed E-state index contributed by atoms with van der Waals surface area (Å²) in [6.07, 6.45) is 0. The molecule has 1 aromatic rings. The number of aromatic carboxylic acids is 1. The van der Waals surface area contributed by atoms with E-state index >= 15 is 0 Å². The number of amides is 2. The van der Waals surface area contributed by atoms with Gasteiger partial charge in [0.1, 0.15) is 0 Å². The Morgan fingerprint density at radius 1 is 1.43 bits per heavy atom. The summed E-state index contributed by atoms with van der Waals surface area (Å²) in [5.74, 6) is -0.0807. The van der Waals surface area contributed by atoms with Gasteiger partial charge in [-0.15, -0.1) is 0 Å². The minimum Gasteiger partial charge on any atom is -0.478 e. The van der Waals surface area contributed by atoms with E-state index in [1.54, 1.807) is 11.0 Å². The topological polar surface area (TPSA) is 69.6 Å². The van der Waals surface area contributed by atoms with Gasteiger partial charge in [-0.1, -0.05) is 0 Å². The molecule has 1 heterocycles. The molecule has 0 saturated carbocycles. The normalized spacial score (nSPS) is 17.4. The lowest BCUT2D eigenvalue weighted by Gasteiger charge is -2.37. The second-order valence-electron chi connectivity index (χ2n) is 5.46. The van der Waals surface area contributed by atoms with Crippen molar-refractivity contribution >= 4 is 45.4 Å². The van der Waals surface area contributed by atoms with Crippen LogP contribution in [0.15, 0.2) is 22.7 Å². The first kappa shape index (κ1) is 16.2. The molecule has 0 aliphatic carbocycles. The Balaban J connectivity index is 2.07. The van der Waals surface area contributed by atoms with Gasteiger partial charge < -0.3 is 15.3 Å². The molecule has 5 nitrogen and oxygen atoms in total. The minimum absolute atomic E-state index is 0.0555. The van der Waals surface area contributed by atoms with Crippen molar-refractivity contribution in [3.63, 3.8) is 0 Å². The summed E-state index contributed by atoms with van der Waals surface area (Å²) in [7, 11) is 0. The number of anilines is 1. The first-order valence-corrected chi connectivity index (χ1v) is 8.29. The molecule has 2 N–H and O–H groups in total. The van der Waals surface area contributed by atoms with Gasteiger partial charge in [0.25, 0.3) is 0 Å². The van der Waals surface area contributed by atoms with Crippen LogP contribution in [0.25, 0.3) is 0 Å². The van der Waals surface area contributed by atoms with E-state index in [1.165, 1.54) is 12.1 Å². The van der Waals surface area contributed by atoms with E-state index in [0.29, 0.717) is 23.2 Å². The maximum atomic E-state index is 12.3. The Morgan fingerprint density at radius 3 is 2.71 bits per heavy atom. The second kappa shape index (κ2) is 6.27. The monoisotopic (exact) mass is 372 g/mol. The van der Waals surface area contributed by atoms with Gasteiger partial charge in [-0.05, 0) is 48.0 Å². The number of halogens is 1. The quantitative estimate of drug-likeness (QED) is 0.833. The summed E-state index contributed by atoms with van der Waals surface area (Å²) in [6.45, 7) is 5.64. The van der Waals surface area contributed by atoms with Crippen molar-refractivity contribution in [3.8, 4) is 0 Å². The number of thioether (sulfide) groups is 1. The van der Waals surface area contributed by atoms with Crippen LogP contribution in [0.4, 0.5) is 10.5 Å². The van der Waals surface area contributed by atoms with Crippen molar-refractivity contribution in [2.24, 2.45) is 0 Å². The first-order valence-electron chi connectivity index (χ1n) is 6.51. The van der Waals surface area contributed by atoms with Crippen LogP contribution in [0.3, 0.4) is 0 Å². The molecule has 1 aliphatic heterocycles. The molecule has 1 saturated heterocycles. The zero-order valence-corrected chi connectivity index (χ0v) is 14.3. The largest absolute Gasteiger partial charge is 0.478 e. The van der Waals surface area contributed by atoms with Gasteiger partial charge in [-0.3, -0.25) is 0 Å². The molecule has 1 aliphatic rings. The van der Waals surface area contributed by atoms with Crippen LogP contribution in [-0.2, 0) is 0 Å². The van der Waals surface area contributed by atoms with Crippen LogP contribution in [-0.4, -0.2) is 45.6 Å². The molecule has 2 amide bonds. The van der Waals surface area contributed by atoms with E-state index in [0.717, 1.165) is 5.75 Å². The van der Waals surface area contributed by atoms with Gasteiger partial charge in [-0.2, -0.15) is 11.8 Å². The van der Waals surface area contributed by atoms with Crippen LogP contribution in [0, 0.1) is 0 Å². The molecule has 0 unspecified atom stereocenters. The highest BCUT2D eigenvalue weighted by Gasteiger charge is 2.29. The summed E-state index contributed by atoms with van der Waals surface area (Å²) >= 11 is 5.15. The smallest absolute Gasteiger partial charge is 0.335 e. The zero-order valence-electron chi connectivity index (χ0n) is 11.9. The van der Waals surface area contributed by atoms with Gasteiger partial charge in [0, 0.05) is 28.1 Å². The number of carbonyl (C=O) groups is 2. The fourth-order valence-electron chi connectivity index (χ4n) is 2.13. The van der Waals surface area contributed by atoms with E-state index in [9.17, 15) is 9.59 Å². The highest BCUT2D eigenvalue weighted by atomic mass is 79.9. The van der Waals surface area contributed by atoms with Crippen LogP contribution in [0.2, 0.25) is 0 Å². The number of hydrogen-bond acceptors (Lipinski definition) is 3. The molecular formula is C14H17BrN2O3S. The van der Waals surface area contributed by atoms with Gasteiger partial charge in [-0.25, -0.2) is 9.59 Å². The summed E-state index contributed by atoms with van der Waals surface area (Å²) in [6, 6.07) is 4.38. The third kappa shape index (κ3) is 4.14. The number of urea groups is 1. The number of benzene rings is 1. The Hall–Kier alpha value is -1.21. The van der Waals surface area contributed by atoms with Crippen LogP contribution in [0.1, 0.15) is 24.2 Å². The van der Waals surface area contributed by atoms with Gasteiger partial charge >= 0.3 is 12.0 Å². The third-order valence-electron chi connectivity index (χ3n) is 3.17. The summed E-state index contributed by atoms with van der Waals surface area (Å²) < 4.78 is 0.612. The van der Waals surface area contributed by atoms with E-state index in [-0.39, 0.29) is 16.3 Å². The number of hydrogen-bond donors (Lipinski definition) is 2. The standard InChI is InChI=1S/C14H17BrN2O3S/c1-14(2)8-17(5-6-21-14)13(20)16-11-4-3-9(12(18)19)7-10(11)15/h3-4,7H,5-6,8H2,1-2H3,(H,16,20)(H,18,19). The predicted octanol–water partition coefficient (Wildman–Crippen LogP) is 3.51. The number of carboxylic acid groups (broad SMARTS) is 1. The Morgan fingerprint density at radius 2 is 2.14 bits per heavy atom. The van der Waals surface area contributed by atoms with Gasteiger partial charge in [0.15, 0.2) is 0 Å². The van der Waals surface area contributed by atoms with Gasteiger partial charge in [0.05, 0.1) is 11.3 Å². The summed E-state index contributed by atoms with van der Waals surface area (Å²) in [4.78, 5) is 25.0. The molecule has 0 spiro atoms. The number of nitrogens with one attached hydrogen (secondary N) is 1. The van der Waals surface area contributed by atoms with E-state index < -0.39 is 5.97 Å². The van der Waals surface area contributed by atoms with Crippen molar-refractivity contribution in [1.29, 1.82) is 0 Å². The second-order valence-corrected chi connectivity index (χ2v) is 8.12. The minimum atomic E-state index is -0.997. The first-order chi connectivity index (χ1) is 9.78. The van der Waals surface area contributed by atoms with E-state index in [1.807, 2.05) is 11.8 Å². The maximum Gasteiger partial charge on any atom is 0.335 e. The van der Waals surface area contributed by atoms with Crippen molar-refractivity contribution in [3.05, 3.63) is 28.2 Å². The zero-order chi connectivity index (χ0) is 15.6. The average molecular weight is 373 g/mol. The molecule has 1 fully saturated rings. The Bertz CT molecular complexity index is 577. The number of carbonyl (C=O) groups excluding carboxylic acids is 1. The third-order valence-corrected chi connectivity index (χ3v) is 5.12. The molecule has 0 atom stereocenters. The molecule has 7 heteroatoms. The van der Waals surface area contributed by atoms with Crippen LogP contribution < -0.4 is 5.32 Å². The highest BCUT2D eigenvalue weighted by Crippen LogP contribution is 2.30. The molecule has 0 radical (unpaired) electrons. The molecule has 0 aromatic heterocycles. The van der Waals surface area contributed by atoms with Crippen molar-refractivity contribution in [2.45, 2.75) is 18.6 Å². The lowest BCUT2D eigenvalue weighted by Crippen LogP contribution is -2.47. The van der Waals surface area contributed by atoms with E-state index in [2.05, 4.69) is 35.1 Å². The molecule has 2 rings (SSSR count). The Kier molecular flexibility index (Phi) is 4.83. The van der Waals surface area contributed by atoms with Crippen molar-refractivity contribution in [2.75, 3.05) is 24.2 Å². The summed E-state index contributed by atoms with van der Waals surface area (Å²) in [5.41, 5.74) is 0.747. The molecule has 114 valence electrons. The number of nitrogens with zero attached hydrogens (tertiary/aromatic N) is 1. The molecule has 0 bridgehead atoms. The lowest BCUT2D eigenvalue weighted by atomic mass is 10.2. The fraction of sp³-hybridized carbons (Fsp3) is 0.429. The highest BCUT2D eigenvalue weighted by molar-refractivity contribution is 9.10. The lowest BCUT2D eigenvalue weighted by molar-refractivity contribution is 0.0697. The number of rotatable bonds is 2. The van der Waals surface area contributed by atoms with Crippen LogP contribution in [0.5, 0.6) is 0 Å². The SMILES string of the molecule is CC1(C)CN(C(=O)Nc2ccc(C(=O)O)cc2Br)CCS1.